The van der Waals surface area contributed by atoms with E-state index in [-0.39, 0.29) is 0 Å². The fourth-order valence-corrected chi connectivity index (χ4v) is 2.25. The molecule has 82 valence electrons. The SMILES string of the molecule is C[C@@H](NC1CCC(N)C1)c1cccnc1. The Bertz CT molecular complexity index is 299. The minimum Gasteiger partial charge on any atom is -0.328 e. The number of rotatable bonds is 3. The number of nitrogens with one attached hydrogen (secondary N) is 1. The first kappa shape index (κ1) is 10.6. The molecule has 3 nitrogen and oxygen atoms in total. The number of nitrogens with two attached hydrogens (primary N) is 1. The van der Waals surface area contributed by atoms with Crippen molar-refractivity contribution in [3.63, 3.8) is 0 Å². The third-order valence-corrected chi connectivity index (χ3v) is 3.14. The second-order valence-electron chi connectivity index (χ2n) is 4.44. The predicted octanol–water partition coefficient (Wildman–Crippen LogP) is 1.61. The van der Waals surface area contributed by atoms with E-state index in [0.717, 1.165) is 12.8 Å². The Kier molecular flexibility index (Phi) is 3.34. The largest absolute Gasteiger partial charge is 0.328 e. The number of hydrogen-bond donors (Lipinski definition) is 2. The summed E-state index contributed by atoms with van der Waals surface area (Å²) in [7, 11) is 0. The zero-order chi connectivity index (χ0) is 10.7. The molecule has 15 heavy (non-hydrogen) atoms. The van der Waals surface area contributed by atoms with Crippen LogP contribution in [0.15, 0.2) is 24.5 Å². The Morgan fingerprint density at radius 3 is 3.00 bits per heavy atom. The van der Waals surface area contributed by atoms with Crippen LogP contribution in [-0.4, -0.2) is 17.1 Å². The molecule has 0 radical (unpaired) electrons. The lowest BCUT2D eigenvalue weighted by Crippen LogP contribution is -2.30. The third kappa shape index (κ3) is 2.76. The van der Waals surface area contributed by atoms with Crippen LogP contribution in [0.2, 0.25) is 0 Å². The van der Waals surface area contributed by atoms with Gasteiger partial charge in [0.25, 0.3) is 0 Å². The molecule has 1 aromatic heterocycles. The van der Waals surface area contributed by atoms with Gasteiger partial charge in [-0.15, -0.1) is 0 Å². The molecule has 0 amide bonds. The van der Waals surface area contributed by atoms with E-state index in [0.29, 0.717) is 18.1 Å². The number of aromatic nitrogens is 1. The quantitative estimate of drug-likeness (QED) is 0.788. The third-order valence-electron chi connectivity index (χ3n) is 3.14. The fourth-order valence-electron chi connectivity index (χ4n) is 2.25. The van der Waals surface area contributed by atoms with Crippen molar-refractivity contribution in [3.05, 3.63) is 30.1 Å². The highest BCUT2D eigenvalue weighted by Gasteiger charge is 2.22. The normalized spacial score (nSPS) is 27.9. The topological polar surface area (TPSA) is 50.9 Å². The predicted molar refractivity (Wildman–Crippen MR) is 61.4 cm³/mol. The summed E-state index contributed by atoms with van der Waals surface area (Å²) in [5.74, 6) is 0. The molecule has 0 aliphatic heterocycles. The average Bonchev–Trinajstić information content (AvgIpc) is 2.65. The van der Waals surface area contributed by atoms with Crippen molar-refractivity contribution in [1.29, 1.82) is 0 Å². The van der Waals surface area contributed by atoms with Crippen LogP contribution in [0, 0.1) is 0 Å². The standard InChI is InChI=1S/C12H19N3/c1-9(10-3-2-6-14-8-10)15-12-5-4-11(13)7-12/h2-3,6,8-9,11-12,15H,4-5,7,13H2,1H3/t9-,11?,12?/m1/s1. The highest BCUT2D eigenvalue weighted by molar-refractivity contribution is 5.13. The second-order valence-corrected chi connectivity index (χ2v) is 4.44. The van der Waals surface area contributed by atoms with Gasteiger partial charge in [-0.2, -0.15) is 0 Å². The number of hydrogen-bond acceptors (Lipinski definition) is 3. The van der Waals surface area contributed by atoms with Crippen LogP contribution in [0.25, 0.3) is 0 Å². The lowest BCUT2D eigenvalue weighted by Gasteiger charge is -2.19. The summed E-state index contributed by atoms with van der Waals surface area (Å²) in [6, 6.07) is 5.43. The second kappa shape index (κ2) is 4.73. The summed E-state index contributed by atoms with van der Waals surface area (Å²) < 4.78 is 0. The Balaban J connectivity index is 1.90. The molecule has 1 aromatic rings. The maximum Gasteiger partial charge on any atom is 0.0315 e. The van der Waals surface area contributed by atoms with Crippen molar-refractivity contribution in [2.45, 2.75) is 44.3 Å². The summed E-state index contributed by atoms with van der Waals surface area (Å²) in [6.45, 7) is 2.18. The molecule has 1 aliphatic carbocycles. The van der Waals surface area contributed by atoms with Gasteiger partial charge in [-0.05, 0) is 37.8 Å². The van der Waals surface area contributed by atoms with Gasteiger partial charge in [0.1, 0.15) is 0 Å². The monoisotopic (exact) mass is 205 g/mol. The van der Waals surface area contributed by atoms with Gasteiger partial charge in [-0.3, -0.25) is 4.98 Å². The summed E-state index contributed by atoms with van der Waals surface area (Å²) >= 11 is 0. The first-order valence-electron chi connectivity index (χ1n) is 5.67. The van der Waals surface area contributed by atoms with Gasteiger partial charge in [0.05, 0.1) is 0 Å². The maximum atomic E-state index is 5.89. The van der Waals surface area contributed by atoms with Crippen molar-refractivity contribution in [2.75, 3.05) is 0 Å². The van der Waals surface area contributed by atoms with E-state index < -0.39 is 0 Å². The van der Waals surface area contributed by atoms with Crippen molar-refractivity contribution in [1.82, 2.24) is 10.3 Å². The Morgan fingerprint density at radius 1 is 1.53 bits per heavy atom. The van der Waals surface area contributed by atoms with Gasteiger partial charge in [0, 0.05) is 30.5 Å². The van der Waals surface area contributed by atoms with Crippen LogP contribution < -0.4 is 11.1 Å². The van der Waals surface area contributed by atoms with Crippen LogP contribution in [-0.2, 0) is 0 Å². The van der Waals surface area contributed by atoms with Crippen LogP contribution >= 0.6 is 0 Å². The number of nitrogens with zero attached hydrogens (tertiary/aromatic N) is 1. The van der Waals surface area contributed by atoms with E-state index in [1.54, 1.807) is 0 Å². The molecule has 1 aliphatic rings. The van der Waals surface area contributed by atoms with Crippen molar-refractivity contribution < 1.29 is 0 Å². The van der Waals surface area contributed by atoms with Gasteiger partial charge < -0.3 is 11.1 Å². The van der Waals surface area contributed by atoms with Crippen LogP contribution in [0.3, 0.4) is 0 Å². The van der Waals surface area contributed by atoms with E-state index in [2.05, 4.69) is 23.3 Å². The molecule has 0 spiro atoms. The molecule has 0 aromatic carbocycles. The van der Waals surface area contributed by atoms with Crippen molar-refractivity contribution in [3.8, 4) is 0 Å². The average molecular weight is 205 g/mol. The molecule has 3 N–H and O–H groups in total. The molecule has 2 unspecified atom stereocenters. The summed E-state index contributed by atoms with van der Waals surface area (Å²) in [4.78, 5) is 4.13. The van der Waals surface area contributed by atoms with E-state index in [4.69, 9.17) is 5.73 Å². The summed E-state index contributed by atoms with van der Waals surface area (Å²) in [5.41, 5.74) is 7.14. The Hall–Kier alpha value is -0.930. The molecule has 1 saturated carbocycles. The van der Waals surface area contributed by atoms with Gasteiger partial charge in [-0.1, -0.05) is 6.07 Å². The van der Waals surface area contributed by atoms with Gasteiger partial charge in [-0.25, -0.2) is 0 Å². The van der Waals surface area contributed by atoms with Crippen LogP contribution in [0.1, 0.15) is 37.8 Å². The Labute approximate surface area is 91.1 Å². The first-order chi connectivity index (χ1) is 7.25. The molecule has 3 atom stereocenters. The van der Waals surface area contributed by atoms with Crippen molar-refractivity contribution >= 4 is 0 Å². The summed E-state index contributed by atoms with van der Waals surface area (Å²) in [6.07, 6.45) is 7.18. The lowest BCUT2D eigenvalue weighted by atomic mass is 10.1. The van der Waals surface area contributed by atoms with E-state index in [1.165, 1.54) is 12.0 Å². The zero-order valence-corrected chi connectivity index (χ0v) is 9.19. The minimum absolute atomic E-state index is 0.369. The highest BCUT2D eigenvalue weighted by atomic mass is 15.0. The molecule has 1 heterocycles. The number of pyridine rings is 1. The molecular weight excluding hydrogens is 186 g/mol. The smallest absolute Gasteiger partial charge is 0.0315 e. The van der Waals surface area contributed by atoms with Gasteiger partial charge >= 0.3 is 0 Å². The molecule has 2 rings (SSSR count). The van der Waals surface area contributed by atoms with E-state index >= 15 is 0 Å². The molecule has 1 fully saturated rings. The van der Waals surface area contributed by atoms with Crippen molar-refractivity contribution in [2.24, 2.45) is 5.73 Å². The summed E-state index contributed by atoms with van der Waals surface area (Å²) in [5, 5.41) is 3.61. The van der Waals surface area contributed by atoms with E-state index in [1.807, 2.05) is 18.5 Å². The fraction of sp³-hybridized carbons (Fsp3) is 0.583. The van der Waals surface area contributed by atoms with Crippen LogP contribution in [0.5, 0.6) is 0 Å². The zero-order valence-electron chi connectivity index (χ0n) is 9.19. The Morgan fingerprint density at radius 2 is 2.40 bits per heavy atom. The van der Waals surface area contributed by atoms with Gasteiger partial charge in [0.2, 0.25) is 0 Å². The van der Waals surface area contributed by atoms with Crippen LogP contribution in [0.4, 0.5) is 0 Å². The van der Waals surface area contributed by atoms with Gasteiger partial charge in [0.15, 0.2) is 0 Å². The molecule has 0 saturated heterocycles. The highest BCUT2D eigenvalue weighted by Crippen LogP contribution is 2.20. The molecule has 3 heteroatoms. The lowest BCUT2D eigenvalue weighted by molar-refractivity contribution is 0.456. The molecule has 0 bridgehead atoms. The molecular formula is C12H19N3. The first-order valence-corrected chi connectivity index (χ1v) is 5.67. The minimum atomic E-state index is 0.369. The maximum absolute atomic E-state index is 5.89. The van der Waals surface area contributed by atoms with E-state index in [9.17, 15) is 0 Å².